The third-order valence-corrected chi connectivity index (χ3v) is 5.94. The number of ether oxygens (including phenoxy) is 1. The smallest absolute Gasteiger partial charge is 0.311 e. The Morgan fingerprint density at radius 2 is 1.63 bits per heavy atom. The van der Waals surface area contributed by atoms with E-state index in [1.54, 1.807) is 24.3 Å². The van der Waals surface area contributed by atoms with E-state index in [2.05, 4.69) is 6.58 Å². The molecule has 8 nitrogen and oxygen atoms in total. The lowest BCUT2D eigenvalue weighted by Gasteiger charge is -2.28. The maximum atomic E-state index is 11.5. The number of nitro groups is 1. The van der Waals surface area contributed by atoms with Crippen LogP contribution in [0.15, 0.2) is 49.0 Å². The van der Waals surface area contributed by atoms with Crippen molar-refractivity contribution >= 4 is 19.8 Å². The average molecular weight is 432 g/mol. The molecule has 0 saturated carbocycles. The molecule has 0 saturated heterocycles. The molecule has 162 valence electrons. The van der Waals surface area contributed by atoms with Gasteiger partial charge >= 0.3 is 5.69 Å². The highest BCUT2D eigenvalue weighted by molar-refractivity contribution is 7.47. The molecule has 0 radical (unpaired) electrons. The van der Waals surface area contributed by atoms with E-state index in [1.807, 2.05) is 68.7 Å². The summed E-state index contributed by atoms with van der Waals surface area (Å²) in [5.41, 5.74) is 2.52. The molecule has 0 aliphatic heterocycles. The fourth-order valence-electron chi connectivity index (χ4n) is 2.70. The Bertz CT molecular complexity index is 877. The molecule has 0 fully saturated rings. The summed E-state index contributed by atoms with van der Waals surface area (Å²) in [5, 5.41) is 11.5. The first-order chi connectivity index (χ1) is 14.1. The summed E-state index contributed by atoms with van der Waals surface area (Å²) in [4.78, 5) is 12.9. The standard InChI is InChI=1S/C21H29N4O4P/c1-16(22(2)3)18-9-11-19(12-10-18)29-21-14-17(8-13-20(21)25(26)27)15-28-30(23(4)5)24(6)7/h8-14H,1,15H2,2-7H3. The molecule has 2 rings (SSSR count). The minimum Gasteiger partial charge on any atom is -0.450 e. The Kier molecular flexibility index (Phi) is 8.32. The molecule has 30 heavy (non-hydrogen) atoms. The third kappa shape index (κ3) is 6.24. The lowest BCUT2D eigenvalue weighted by Crippen LogP contribution is -2.18. The van der Waals surface area contributed by atoms with Gasteiger partial charge < -0.3 is 14.2 Å². The molecule has 0 N–H and O–H groups in total. The summed E-state index contributed by atoms with van der Waals surface area (Å²) in [7, 11) is 10.7. The predicted octanol–water partition coefficient (Wildman–Crippen LogP) is 4.79. The summed E-state index contributed by atoms with van der Waals surface area (Å²) in [6.07, 6.45) is 0. The van der Waals surface area contributed by atoms with E-state index in [9.17, 15) is 10.1 Å². The fraction of sp³-hybridized carbons (Fsp3) is 0.333. The number of benzene rings is 2. The number of nitro benzene ring substituents is 1. The van der Waals surface area contributed by atoms with Crippen LogP contribution in [0.3, 0.4) is 0 Å². The van der Waals surface area contributed by atoms with Crippen LogP contribution in [0.5, 0.6) is 11.5 Å². The van der Waals surface area contributed by atoms with Gasteiger partial charge in [0.25, 0.3) is 0 Å². The second-order valence-electron chi connectivity index (χ2n) is 7.25. The normalized spacial score (nSPS) is 11.2. The van der Waals surface area contributed by atoms with Crippen molar-refractivity contribution in [1.29, 1.82) is 0 Å². The zero-order valence-electron chi connectivity index (χ0n) is 18.3. The van der Waals surface area contributed by atoms with Crippen molar-refractivity contribution in [2.45, 2.75) is 6.61 Å². The average Bonchev–Trinajstić information content (AvgIpc) is 2.67. The zero-order chi connectivity index (χ0) is 22.4. The van der Waals surface area contributed by atoms with Crippen molar-refractivity contribution < 1.29 is 14.2 Å². The SMILES string of the molecule is C=C(c1ccc(Oc2cc(COP(N(C)C)N(C)C)ccc2[N+](=O)[O-])cc1)N(C)C. The van der Waals surface area contributed by atoms with Crippen molar-refractivity contribution in [2.75, 3.05) is 42.3 Å². The van der Waals surface area contributed by atoms with Gasteiger partial charge in [0.2, 0.25) is 5.75 Å². The van der Waals surface area contributed by atoms with Gasteiger partial charge in [-0.2, -0.15) is 0 Å². The van der Waals surface area contributed by atoms with Gasteiger partial charge in [-0.15, -0.1) is 0 Å². The van der Waals surface area contributed by atoms with Gasteiger partial charge in [0, 0.05) is 25.9 Å². The maximum absolute atomic E-state index is 11.5. The van der Waals surface area contributed by atoms with Crippen LogP contribution in [-0.4, -0.2) is 61.5 Å². The van der Waals surface area contributed by atoms with E-state index in [1.165, 1.54) is 6.07 Å². The van der Waals surface area contributed by atoms with Gasteiger partial charge in [-0.05, 0) is 75.7 Å². The van der Waals surface area contributed by atoms with Gasteiger partial charge in [-0.1, -0.05) is 6.58 Å². The number of hydrogen-bond acceptors (Lipinski definition) is 7. The molecule has 0 atom stereocenters. The molecule has 0 aliphatic carbocycles. The minimum atomic E-state index is -0.916. The van der Waals surface area contributed by atoms with E-state index in [0.29, 0.717) is 12.4 Å². The first-order valence-corrected chi connectivity index (χ1v) is 10.5. The van der Waals surface area contributed by atoms with Crippen molar-refractivity contribution in [3.63, 3.8) is 0 Å². The van der Waals surface area contributed by atoms with Gasteiger partial charge in [0.05, 0.1) is 11.5 Å². The lowest BCUT2D eigenvalue weighted by molar-refractivity contribution is -0.385. The quantitative estimate of drug-likeness (QED) is 0.304. The highest BCUT2D eigenvalue weighted by Crippen LogP contribution is 2.42. The Hall–Kier alpha value is -2.51. The van der Waals surface area contributed by atoms with Gasteiger partial charge in [-0.25, -0.2) is 0 Å². The minimum absolute atomic E-state index is 0.0944. The molecule has 0 aromatic heterocycles. The molecule has 0 amide bonds. The molecule has 0 bridgehead atoms. The van der Waals surface area contributed by atoms with Crippen molar-refractivity contribution in [3.8, 4) is 11.5 Å². The molecule has 2 aromatic rings. The topological polar surface area (TPSA) is 71.3 Å². The summed E-state index contributed by atoms with van der Waals surface area (Å²) < 4.78 is 15.9. The Balaban J connectivity index is 2.22. The van der Waals surface area contributed by atoms with Crippen LogP contribution in [0.1, 0.15) is 11.1 Å². The Morgan fingerprint density at radius 1 is 1.03 bits per heavy atom. The molecule has 0 heterocycles. The Labute approximate surface area is 179 Å². The first kappa shape index (κ1) is 23.8. The monoisotopic (exact) mass is 432 g/mol. The fourth-order valence-corrected chi connectivity index (χ4v) is 4.14. The van der Waals surface area contributed by atoms with Gasteiger partial charge in [-0.3, -0.25) is 19.5 Å². The van der Waals surface area contributed by atoms with E-state index in [0.717, 1.165) is 16.8 Å². The molecule has 0 aliphatic rings. The second-order valence-corrected chi connectivity index (χ2v) is 9.61. The van der Waals surface area contributed by atoms with Gasteiger partial charge in [0.15, 0.2) is 8.45 Å². The van der Waals surface area contributed by atoms with E-state index in [4.69, 9.17) is 9.26 Å². The van der Waals surface area contributed by atoms with Gasteiger partial charge in [0.1, 0.15) is 5.75 Å². The predicted molar refractivity (Wildman–Crippen MR) is 121 cm³/mol. The van der Waals surface area contributed by atoms with Crippen LogP contribution >= 0.6 is 8.45 Å². The number of rotatable bonds is 10. The largest absolute Gasteiger partial charge is 0.450 e. The maximum Gasteiger partial charge on any atom is 0.311 e. The summed E-state index contributed by atoms with van der Waals surface area (Å²) >= 11 is 0. The molecule has 2 aromatic carbocycles. The first-order valence-electron chi connectivity index (χ1n) is 9.29. The molecular formula is C21H29N4O4P. The number of hydrogen-bond donors (Lipinski definition) is 0. The van der Waals surface area contributed by atoms with Crippen LogP contribution in [0.2, 0.25) is 0 Å². The van der Waals surface area contributed by atoms with Crippen LogP contribution in [0.25, 0.3) is 5.70 Å². The van der Waals surface area contributed by atoms with Crippen molar-refractivity contribution in [3.05, 3.63) is 70.3 Å². The van der Waals surface area contributed by atoms with E-state index < -0.39 is 13.4 Å². The van der Waals surface area contributed by atoms with Crippen LogP contribution in [0.4, 0.5) is 5.69 Å². The molecule has 0 spiro atoms. The Morgan fingerprint density at radius 3 is 2.13 bits per heavy atom. The highest BCUT2D eigenvalue weighted by atomic mass is 31.2. The molecule has 9 heteroatoms. The number of nitrogens with zero attached hydrogens (tertiary/aromatic N) is 4. The summed E-state index contributed by atoms with van der Waals surface area (Å²) in [6, 6.07) is 12.1. The van der Waals surface area contributed by atoms with Crippen molar-refractivity contribution in [2.24, 2.45) is 0 Å². The van der Waals surface area contributed by atoms with Crippen LogP contribution in [0, 0.1) is 10.1 Å². The van der Waals surface area contributed by atoms with Crippen LogP contribution in [-0.2, 0) is 11.1 Å². The zero-order valence-corrected chi connectivity index (χ0v) is 19.2. The third-order valence-electron chi connectivity index (χ3n) is 4.21. The molecule has 0 unspecified atom stereocenters. The van der Waals surface area contributed by atoms with E-state index in [-0.39, 0.29) is 11.4 Å². The van der Waals surface area contributed by atoms with Crippen LogP contribution < -0.4 is 4.74 Å². The van der Waals surface area contributed by atoms with Crippen molar-refractivity contribution in [1.82, 2.24) is 14.2 Å². The second kappa shape index (κ2) is 10.5. The lowest BCUT2D eigenvalue weighted by atomic mass is 10.1. The highest BCUT2D eigenvalue weighted by Gasteiger charge is 2.19. The summed E-state index contributed by atoms with van der Waals surface area (Å²) in [5.74, 6) is 0.689. The van der Waals surface area contributed by atoms with E-state index >= 15 is 0 Å². The molecular weight excluding hydrogens is 403 g/mol. The summed E-state index contributed by atoms with van der Waals surface area (Å²) in [6.45, 7) is 4.34.